The molecule has 5 nitrogen and oxygen atoms in total. The molecule has 0 saturated carbocycles. The van der Waals surface area contributed by atoms with Crippen molar-refractivity contribution in [2.45, 2.75) is 12.5 Å². The zero-order valence-electron chi connectivity index (χ0n) is 12.5. The van der Waals surface area contributed by atoms with Crippen molar-refractivity contribution < 1.29 is 14.3 Å². The molecule has 2 aliphatic heterocycles. The number of benzene rings is 1. The summed E-state index contributed by atoms with van der Waals surface area (Å²) in [5.41, 5.74) is 0.979. The minimum Gasteiger partial charge on any atom is -0.378 e. The van der Waals surface area contributed by atoms with E-state index in [4.69, 9.17) is 4.74 Å². The molecule has 2 aliphatic rings. The SMILES string of the molecule is O=C(C1CCN1C(=O)/C=C/c1ccccc1)N1CCOCC1. The first-order chi connectivity index (χ1) is 10.8. The fraction of sp³-hybridized carbons (Fsp3) is 0.412. The molecule has 0 bridgehead atoms. The quantitative estimate of drug-likeness (QED) is 0.787. The molecule has 2 heterocycles. The fourth-order valence-corrected chi connectivity index (χ4v) is 2.73. The Morgan fingerprint density at radius 1 is 1.09 bits per heavy atom. The van der Waals surface area contributed by atoms with E-state index < -0.39 is 0 Å². The molecular weight excluding hydrogens is 280 g/mol. The summed E-state index contributed by atoms with van der Waals surface area (Å²) in [7, 11) is 0. The van der Waals surface area contributed by atoms with Gasteiger partial charge < -0.3 is 14.5 Å². The Kier molecular flexibility index (Phi) is 4.53. The third-order valence-electron chi connectivity index (χ3n) is 4.13. The van der Waals surface area contributed by atoms with Crippen LogP contribution in [-0.2, 0) is 14.3 Å². The molecule has 2 fully saturated rings. The second kappa shape index (κ2) is 6.75. The van der Waals surface area contributed by atoms with Crippen molar-refractivity contribution in [3.8, 4) is 0 Å². The Morgan fingerprint density at radius 3 is 2.45 bits per heavy atom. The summed E-state index contributed by atoms with van der Waals surface area (Å²) in [6.07, 6.45) is 4.09. The summed E-state index contributed by atoms with van der Waals surface area (Å²) in [5.74, 6) is -0.0438. The number of hydrogen-bond donors (Lipinski definition) is 0. The largest absolute Gasteiger partial charge is 0.378 e. The first-order valence-electron chi connectivity index (χ1n) is 7.66. The lowest BCUT2D eigenvalue weighted by Crippen LogP contribution is -2.60. The minimum absolute atomic E-state index is 0.0519. The Balaban J connectivity index is 1.59. The fourth-order valence-electron chi connectivity index (χ4n) is 2.73. The van der Waals surface area contributed by atoms with Crippen molar-refractivity contribution in [2.24, 2.45) is 0 Å². The number of carbonyl (C=O) groups is 2. The van der Waals surface area contributed by atoms with Gasteiger partial charge in [-0.3, -0.25) is 9.59 Å². The number of hydrogen-bond acceptors (Lipinski definition) is 3. The summed E-state index contributed by atoms with van der Waals surface area (Å²) in [4.78, 5) is 28.1. The van der Waals surface area contributed by atoms with Gasteiger partial charge in [-0.25, -0.2) is 0 Å². The average molecular weight is 300 g/mol. The molecule has 2 saturated heterocycles. The Labute approximate surface area is 130 Å². The van der Waals surface area contributed by atoms with Crippen molar-refractivity contribution in [3.63, 3.8) is 0 Å². The van der Waals surface area contributed by atoms with Crippen molar-refractivity contribution >= 4 is 17.9 Å². The molecule has 2 amide bonds. The first kappa shape index (κ1) is 14.8. The van der Waals surface area contributed by atoms with Crippen LogP contribution in [0.2, 0.25) is 0 Å². The highest BCUT2D eigenvalue weighted by atomic mass is 16.5. The van der Waals surface area contributed by atoms with Gasteiger partial charge >= 0.3 is 0 Å². The van der Waals surface area contributed by atoms with E-state index >= 15 is 0 Å². The van der Waals surface area contributed by atoms with Crippen LogP contribution in [0.25, 0.3) is 6.08 Å². The standard InChI is InChI=1S/C17H20N2O3/c20-16(7-6-14-4-2-1-3-5-14)19-9-8-15(19)17(21)18-10-12-22-13-11-18/h1-7,15H,8-13H2/b7-6+. The second-order valence-electron chi connectivity index (χ2n) is 5.52. The van der Waals surface area contributed by atoms with Crippen LogP contribution in [0.3, 0.4) is 0 Å². The van der Waals surface area contributed by atoms with Gasteiger partial charge in [-0.15, -0.1) is 0 Å². The summed E-state index contributed by atoms with van der Waals surface area (Å²) in [5, 5.41) is 0. The number of amides is 2. The Bertz CT molecular complexity index is 565. The van der Waals surface area contributed by atoms with Gasteiger partial charge in [-0.05, 0) is 18.1 Å². The van der Waals surface area contributed by atoms with Crippen LogP contribution in [0.4, 0.5) is 0 Å². The summed E-state index contributed by atoms with van der Waals surface area (Å²) >= 11 is 0. The van der Waals surface area contributed by atoms with Gasteiger partial charge in [0.1, 0.15) is 6.04 Å². The van der Waals surface area contributed by atoms with Gasteiger partial charge in [0.05, 0.1) is 13.2 Å². The molecule has 0 radical (unpaired) electrons. The van der Waals surface area contributed by atoms with Crippen LogP contribution in [0.1, 0.15) is 12.0 Å². The van der Waals surface area contributed by atoms with Gasteiger partial charge in [0, 0.05) is 25.7 Å². The zero-order valence-corrected chi connectivity index (χ0v) is 12.5. The molecule has 1 aromatic rings. The third kappa shape index (κ3) is 3.20. The van der Waals surface area contributed by atoms with Gasteiger partial charge in [-0.2, -0.15) is 0 Å². The molecule has 1 unspecified atom stereocenters. The number of carbonyl (C=O) groups excluding carboxylic acids is 2. The van der Waals surface area contributed by atoms with E-state index in [2.05, 4.69) is 0 Å². The predicted octanol–water partition coefficient (Wildman–Crippen LogP) is 1.16. The monoisotopic (exact) mass is 300 g/mol. The smallest absolute Gasteiger partial charge is 0.247 e. The molecule has 0 aromatic heterocycles. The van der Waals surface area contributed by atoms with Crippen LogP contribution < -0.4 is 0 Å². The highest BCUT2D eigenvalue weighted by molar-refractivity contribution is 5.96. The lowest BCUT2D eigenvalue weighted by molar-refractivity contribution is -0.152. The number of nitrogens with zero attached hydrogens (tertiary/aromatic N) is 2. The maximum atomic E-state index is 12.4. The predicted molar refractivity (Wildman–Crippen MR) is 83.0 cm³/mol. The van der Waals surface area contributed by atoms with E-state index in [9.17, 15) is 9.59 Å². The van der Waals surface area contributed by atoms with Gasteiger partial charge in [-0.1, -0.05) is 30.3 Å². The zero-order chi connectivity index (χ0) is 15.4. The average Bonchev–Trinajstić information content (AvgIpc) is 2.54. The number of likely N-dealkylation sites (tertiary alicyclic amines) is 1. The van der Waals surface area contributed by atoms with Crippen molar-refractivity contribution in [3.05, 3.63) is 42.0 Å². The lowest BCUT2D eigenvalue weighted by atomic mass is 10.0. The van der Waals surface area contributed by atoms with E-state index in [0.717, 1.165) is 12.0 Å². The second-order valence-corrected chi connectivity index (χ2v) is 5.52. The molecule has 0 spiro atoms. The summed E-state index contributed by atoms with van der Waals surface area (Å²) in [6.45, 7) is 3.06. The highest BCUT2D eigenvalue weighted by Crippen LogP contribution is 2.21. The molecule has 22 heavy (non-hydrogen) atoms. The molecule has 5 heteroatoms. The number of morpholine rings is 1. The van der Waals surface area contributed by atoms with Crippen molar-refractivity contribution in [1.82, 2.24) is 9.80 Å². The maximum absolute atomic E-state index is 12.4. The van der Waals surface area contributed by atoms with Gasteiger partial charge in [0.15, 0.2) is 0 Å². The third-order valence-corrected chi connectivity index (χ3v) is 4.13. The van der Waals surface area contributed by atoms with Crippen LogP contribution in [0.5, 0.6) is 0 Å². The molecular formula is C17H20N2O3. The van der Waals surface area contributed by atoms with Crippen LogP contribution in [0, 0.1) is 0 Å². The van der Waals surface area contributed by atoms with E-state index in [0.29, 0.717) is 32.8 Å². The summed E-state index contributed by atoms with van der Waals surface area (Å²) < 4.78 is 5.26. The first-order valence-corrected chi connectivity index (χ1v) is 7.66. The van der Waals surface area contributed by atoms with Crippen molar-refractivity contribution in [1.29, 1.82) is 0 Å². The number of rotatable bonds is 3. The molecule has 3 rings (SSSR count). The topological polar surface area (TPSA) is 49.9 Å². The molecule has 116 valence electrons. The molecule has 1 aromatic carbocycles. The van der Waals surface area contributed by atoms with Crippen LogP contribution in [-0.4, -0.2) is 60.5 Å². The van der Waals surface area contributed by atoms with Gasteiger partial charge in [0.25, 0.3) is 0 Å². The summed E-state index contributed by atoms with van der Waals surface area (Å²) in [6, 6.07) is 9.38. The maximum Gasteiger partial charge on any atom is 0.247 e. The highest BCUT2D eigenvalue weighted by Gasteiger charge is 2.39. The Hall–Kier alpha value is -2.14. The number of ether oxygens (including phenoxy) is 1. The van der Waals surface area contributed by atoms with Crippen molar-refractivity contribution in [2.75, 3.05) is 32.8 Å². The lowest BCUT2D eigenvalue weighted by Gasteiger charge is -2.42. The minimum atomic E-state index is -0.300. The van der Waals surface area contributed by atoms with Crippen LogP contribution >= 0.6 is 0 Å². The van der Waals surface area contributed by atoms with Gasteiger partial charge in [0.2, 0.25) is 11.8 Å². The van der Waals surface area contributed by atoms with E-state index in [-0.39, 0.29) is 17.9 Å². The molecule has 0 N–H and O–H groups in total. The van der Waals surface area contributed by atoms with Crippen LogP contribution in [0.15, 0.2) is 36.4 Å². The normalized spacial score (nSPS) is 21.7. The molecule has 0 aliphatic carbocycles. The van der Waals surface area contributed by atoms with E-state index in [1.54, 1.807) is 22.0 Å². The van der Waals surface area contributed by atoms with E-state index in [1.807, 2.05) is 30.3 Å². The van der Waals surface area contributed by atoms with E-state index in [1.165, 1.54) is 0 Å². The molecule has 1 atom stereocenters. The Morgan fingerprint density at radius 2 is 1.82 bits per heavy atom.